The van der Waals surface area contributed by atoms with Crippen molar-refractivity contribution in [1.29, 1.82) is 0 Å². The maximum absolute atomic E-state index is 12.5. The van der Waals surface area contributed by atoms with Gasteiger partial charge >= 0.3 is 0 Å². The molecule has 2 amide bonds. The molecule has 3 rings (SSSR count). The molecule has 0 spiro atoms. The van der Waals surface area contributed by atoms with Crippen molar-refractivity contribution in [3.63, 3.8) is 0 Å². The maximum atomic E-state index is 12.5. The Kier molecular flexibility index (Phi) is 7.45. The number of hydrazine groups is 1. The lowest BCUT2D eigenvalue weighted by Gasteiger charge is -2.13. The Hall–Kier alpha value is -3.32. The van der Waals surface area contributed by atoms with Gasteiger partial charge in [-0.3, -0.25) is 20.4 Å². The van der Waals surface area contributed by atoms with Crippen molar-refractivity contribution in [2.75, 3.05) is 13.2 Å². The van der Waals surface area contributed by atoms with Gasteiger partial charge in [0.05, 0.1) is 5.56 Å². The molecule has 0 aromatic heterocycles. The fourth-order valence-electron chi connectivity index (χ4n) is 2.60. The second-order valence-electron chi connectivity index (χ2n) is 6.38. The number of ether oxygens (including phenoxy) is 2. The van der Waals surface area contributed by atoms with Crippen LogP contribution in [-0.4, -0.2) is 25.0 Å². The van der Waals surface area contributed by atoms with Crippen molar-refractivity contribution >= 4 is 27.7 Å². The molecule has 0 atom stereocenters. The Bertz CT molecular complexity index is 1020. The molecule has 0 heterocycles. The summed E-state index contributed by atoms with van der Waals surface area (Å²) in [5.41, 5.74) is 6.59. The first-order chi connectivity index (χ1) is 14.5. The summed E-state index contributed by atoms with van der Waals surface area (Å²) in [5, 5.41) is 0. The number of benzene rings is 3. The summed E-state index contributed by atoms with van der Waals surface area (Å²) < 4.78 is 12.1. The lowest BCUT2D eigenvalue weighted by Crippen LogP contribution is -2.41. The van der Waals surface area contributed by atoms with Crippen molar-refractivity contribution in [2.45, 2.75) is 6.92 Å². The van der Waals surface area contributed by atoms with Crippen LogP contribution in [-0.2, 0) is 0 Å². The number of hydrogen-bond donors (Lipinski definition) is 2. The molecule has 7 heteroatoms. The minimum atomic E-state index is -0.478. The number of para-hydroxylation sites is 2. The molecule has 0 radical (unpaired) electrons. The van der Waals surface area contributed by atoms with Crippen LogP contribution in [0.4, 0.5) is 0 Å². The largest absolute Gasteiger partial charge is 0.490 e. The van der Waals surface area contributed by atoms with Crippen LogP contribution in [0.25, 0.3) is 0 Å². The van der Waals surface area contributed by atoms with Crippen LogP contribution in [0.1, 0.15) is 26.3 Å². The highest BCUT2D eigenvalue weighted by Crippen LogP contribution is 2.19. The highest BCUT2D eigenvalue weighted by Gasteiger charge is 2.14. The van der Waals surface area contributed by atoms with E-state index in [-0.39, 0.29) is 6.61 Å². The Morgan fingerprint density at radius 1 is 0.833 bits per heavy atom. The third-order valence-electron chi connectivity index (χ3n) is 4.21. The van der Waals surface area contributed by atoms with Crippen LogP contribution >= 0.6 is 15.9 Å². The third kappa shape index (κ3) is 5.84. The minimum Gasteiger partial charge on any atom is -0.490 e. The first kappa shape index (κ1) is 21.4. The molecular formula is C23H21BrN2O4. The summed E-state index contributed by atoms with van der Waals surface area (Å²) >= 11 is 3.39. The van der Waals surface area contributed by atoms with E-state index in [9.17, 15) is 9.59 Å². The molecule has 0 saturated heterocycles. The van der Waals surface area contributed by atoms with Gasteiger partial charge in [0, 0.05) is 10.0 Å². The molecule has 0 aliphatic rings. The molecule has 0 bridgehead atoms. The number of halogens is 1. The Balaban J connectivity index is 1.54. The second kappa shape index (κ2) is 10.5. The standard InChI is InChI=1S/C23H21BrN2O4/c1-16-11-12-17(15-20(16)24)22(27)25-26-23(28)19-9-5-6-10-21(19)30-14-13-29-18-7-3-2-4-8-18/h2-12,15H,13-14H2,1H3,(H,25,27)(H,26,28). The molecule has 0 saturated carbocycles. The van der Waals surface area contributed by atoms with E-state index in [0.29, 0.717) is 23.5 Å². The second-order valence-corrected chi connectivity index (χ2v) is 7.23. The maximum Gasteiger partial charge on any atom is 0.273 e. The van der Waals surface area contributed by atoms with Crippen LogP contribution in [0.2, 0.25) is 0 Å². The first-order valence-electron chi connectivity index (χ1n) is 9.31. The van der Waals surface area contributed by atoms with Crippen LogP contribution in [0.15, 0.2) is 77.3 Å². The lowest BCUT2D eigenvalue weighted by molar-refractivity contribution is 0.0843. The van der Waals surface area contributed by atoms with E-state index in [1.54, 1.807) is 36.4 Å². The summed E-state index contributed by atoms with van der Waals surface area (Å²) in [5.74, 6) is 0.254. The van der Waals surface area contributed by atoms with Crippen LogP contribution < -0.4 is 20.3 Å². The minimum absolute atomic E-state index is 0.267. The van der Waals surface area contributed by atoms with E-state index in [2.05, 4.69) is 26.8 Å². The summed E-state index contributed by atoms with van der Waals surface area (Å²) in [4.78, 5) is 24.8. The van der Waals surface area contributed by atoms with Gasteiger partial charge in [-0.1, -0.05) is 52.3 Å². The topological polar surface area (TPSA) is 76.7 Å². The number of amides is 2. The average Bonchev–Trinajstić information content (AvgIpc) is 2.77. The fourth-order valence-corrected chi connectivity index (χ4v) is 2.97. The van der Waals surface area contributed by atoms with E-state index in [1.807, 2.05) is 43.3 Å². The summed E-state index contributed by atoms with van der Waals surface area (Å²) in [6.45, 7) is 2.53. The Morgan fingerprint density at radius 3 is 2.27 bits per heavy atom. The smallest absolute Gasteiger partial charge is 0.273 e. The molecule has 0 aliphatic carbocycles. The van der Waals surface area contributed by atoms with E-state index < -0.39 is 11.8 Å². The van der Waals surface area contributed by atoms with Gasteiger partial charge in [-0.15, -0.1) is 0 Å². The molecule has 6 nitrogen and oxygen atoms in total. The normalized spacial score (nSPS) is 10.2. The van der Waals surface area contributed by atoms with Crippen molar-refractivity contribution in [1.82, 2.24) is 10.9 Å². The SMILES string of the molecule is Cc1ccc(C(=O)NNC(=O)c2ccccc2OCCOc2ccccc2)cc1Br. The molecule has 0 fully saturated rings. The van der Waals surface area contributed by atoms with Gasteiger partial charge in [0.15, 0.2) is 0 Å². The summed E-state index contributed by atoms with van der Waals surface area (Å²) in [7, 11) is 0. The van der Waals surface area contributed by atoms with E-state index in [1.165, 1.54) is 0 Å². The number of nitrogens with one attached hydrogen (secondary N) is 2. The number of aryl methyl sites for hydroxylation is 1. The van der Waals surface area contributed by atoms with Gasteiger partial charge in [0.2, 0.25) is 0 Å². The quantitative estimate of drug-likeness (QED) is 0.400. The summed E-state index contributed by atoms with van der Waals surface area (Å²) in [6, 6.07) is 21.4. The van der Waals surface area contributed by atoms with Gasteiger partial charge in [-0.2, -0.15) is 0 Å². The monoisotopic (exact) mass is 468 g/mol. The zero-order chi connectivity index (χ0) is 21.3. The molecule has 0 aliphatic heterocycles. The molecule has 154 valence electrons. The van der Waals surface area contributed by atoms with Crippen LogP contribution in [0.3, 0.4) is 0 Å². The van der Waals surface area contributed by atoms with Crippen molar-refractivity contribution < 1.29 is 19.1 Å². The zero-order valence-electron chi connectivity index (χ0n) is 16.4. The van der Waals surface area contributed by atoms with Gasteiger partial charge < -0.3 is 9.47 Å². The highest BCUT2D eigenvalue weighted by molar-refractivity contribution is 9.10. The predicted molar refractivity (Wildman–Crippen MR) is 118 cm³/mol. The van der Waals surface area contributed by atoms with Gasteiger partial charge in [-0.25, -0.2) is 0 Å². The molecule has 0 unspecified atom stereocenters. The van der Waals surface area contributed by atoms with Gasteiger partial charge in [-0.05, 0) is 48.9 Å². The molecule has 30 heavy (non-hydrogen) atoms. The predicted octanol–water partition coefficient (Wildman–Crippen LogP) is 4.29. The van der Waals surface area contributed by atoms with Gasteiger partial charge in [0.25, 0.3) is 11.8 Å². The number of rotatable bonds is 7. The Morgan fingerprint density at radius 2 is 1.50 bits per heavy atom. The lowest BCUT2D eigenvalue weighted by atomic mass is 10.1. The number of carbonyl (C=O) groups is 2. The zero-order valence-corrected chi connectivity index (χ0v) is 17.9. The summed E-state index contributed by atoms with van der Waals surface area (Å²) in [6.07, 6.45) is 0. The van der Waals surface area contributed by atoms with Crippen molar-refractivity contribution in [3.05, 3.63) is 94.0 Å². The van der Waals surface area contributed by atoms with E-state index >= 15 is 0 Å². The molecular weight excluding hydrogens is 448 g/mol. The highest BCUT2D eigenvalue weighted by atomic mass is 79.9. The fraction of sp³-hybridized carbons (Fsp3) is 0.130. The first-order valence-corrected chi connectivity index (χ1v) is 10.1. The van der Waals surface area contributed by atoms with E-state index in [0.717, 1.165) is 15.8 Å². The number of hydrogen-bond acceptors (Lipinski definition) is 4. The van der Waals surface area contributed by atoms with Crippen molar-refractivity contribution in [2.24, 2.45) is 0 Å². The van der Waals surface area contributed by atoms with Gasteiger partial charge in [0.1, 0.15) is 24.7 Å². The van der Waals surface area contributed by atoms with E-state index in [4.69, 9.17) is 9.47 Å². The van der Waals surface area contributed by atoms with Crippen LogP contribution in [0.5, 0.6) is 11.5 Å². The Labute approximate surface area is 183 Å². The number of carbonyl (C=O) groups excluding carboxylic acids is 2. The van der Waals surface area contributed by atoms with Crippen LogP contribution in [0, 0.1) is 6.92 Å². The molecule has 2 N–H and O–H groups in total. The van der Waals surface area contributed by atoms with Crippen molar-refractivity contribution in [3.8, 4) is 11.5 Å². The molecule has 3 aromatic rings. The average molecular weight is 469 g/mol. The third-order valence-corrected chi connectivity index (χ3v) is 5.06. The molecule has 3 aromatic carbocycles.